The Morgan fingerprint density at radius 1 is 1.04 bits per heavy atom. The number of carbonyl (C=O) groups excluding carboxylic acids is 1. The fourth-order valence-electron chi connectivity index (χ4n) is 3.04. The van der Waals surface area contributed by atoms with E-state index < -0.39 is 0 Å². The van der Waals surface area contributed by atoms with Gasteiger partial charge in [-0.2, -0.15) is 0 Å². The van der Waals surface area contributed by atoms with E-state index in [-0.39, 0.29) is 11.8 Å². The summed E-state index contributed by atoms with van der Waals surface area (Å²) in [5.41, 5.74) is 2.73. The Balaban J connectivity index is 1.89. The van der Waals surface area contributed by atoms with Crippen LogP contribution >= 0.6 is 0 Å². The van der Waals surface area contributed by atoms with E-state index in [0.717, 1.165) is 18.1 Å². The van der Waals surface area contributed by atoms with E-state index in [2.05, 4.69) is 46.2 Å². The minimum Gasteiger partial charge on any atom is -0.350 e. The summed E-state index contributed by atoms with van der Waals surface area (Å²) in [6.45, 7) is 8.54. The van der Waals surface area contributed by atoms with Gasteiger partial charge in [0.15, 0.2) is 5.78 Å². The largest absolute Gasteiger partial charge is 0.350 e. The third-order valence-corrected chi connectivity index (χ3v) is 4.48. The normalized spacial score (nSPS) is 10.8. The molecule has 0 fully saturated rings. The molecule has 3 rings (SSSR count). The van der Waals surface area contributed by atoms with E-state index in [0.29, 0.717) is 17.2 Å². The first-order valence-electron chi connectivity index (χ1n) is 9.46. The first kappa shape index (κ1) is 19.5. The van der Waals surface area contributed by atoms with E-state index >= 15 is 0 Å². The highest BCUT2D eigenvalue weighted by molar-refractivity contribution is 5.95. The zero-order valence-corrected chi connectivity index (χ0v) is 16.8. The van der Waals surface area contributed by atoms with Gasteiger partial charge in [0, 0.05) is 29.9 Å². The summed E-state index contributed by atoms with van der Waals surface area (Å²) >= 11 is 0. The number of rotatable bonds is 7. The molecule has 0 unspecified atom stereocenters. The van der Waals surface area contributed by atoms with Crippen LogP contribution in [0.1, 0.15) is 42.5 Å². The first-order chi connectivity index (χ1) is 13.4. The molecule has 28 heavy (non-hydrogen) atoms. The number of benzene rings is 2. The highest BCUT2D eigenvalue weighted by Crippen LogP contribution is 2.23. The van der Waals surface area contributed by atoms with Crippen molar-refractivity contribution in [2.75, 3.05) is 10.2 Å². The summed E-state index contributed by atoms with van der Waals surface area (Å²) in [7, 11) is 0. The minimum absolute atomic E-state index is 0.0389. The van der Waals surface area contributed by atoms with Crippen molar-refractivity contribution in [1.29, 1.82) is 0 Å². The predicted molar refractivity (Wildman–Crippen MR) is 114 cm³/mol. The number of Topliss-reactive ketones (excluding diaryl/α,β-unsaturated/α-hetero) is 1. The second-order valence-corrected chi connectivity index (χ2v) is 7.13. The van der Waals surface area contributed by atoms with E-state index in [1.807, 2.05) is 55.5 Å². The van der Waals surface area contributed by atoms with E-state index in [1.54, 1.807) is 6.92 Å². The lowest BCUT2D eigenvalue weighted by molar-refractivity contribution is 0.101. The Morgan fingerprint density at radius 3 is 2.46 bits per heavy atom. The van der Waals surface area contributed by atoms with E-state index in [4.69, 9.17) is 0 Å². The van der Waals surface area contributed by atoms with Crippen molar-refractivity contribution in [2.45, 2.75) is 40.3 Å². The lowest BCUT2D eigenvalue weighted by Gasteiger charge is -2.28. The molecule has 0 bridgehead atoms. The highest BCUT2D eigenvalue weighted by atomic mass is 16.1. The number of hydrogen-bond acceptors (Lipinski definition) is 5. The third kappa shape index (κ3) is 4.94. The zero-order chi connectivity index (χ0) is 20.1. The summed E-state index contributed by atoms with van der Waals surface area (Å²) in [5, 5.41) is 3.31. The Bertz CT molecular complexity index is 954. The second kappa shape index (κ2) is 8.65. The topological polar surface area (TPSA) is 58.1 Å². The Morgan fingerprint density at radius 2 is 1.79 bits per heavy atom. The molecular formula is C23H26N4O. The van der Waals surface area contributed by atoms with Crippen LogP contribution in [0.2, 0.25) is 0 Å². The summed E-state index contributed by atoms with van der Waals surface area (Å²) in [6, 6.07) is 20.0. The first-order valence-corrected chi connectivity index (χ1v) is 9.46. The van der Waals surface area contributed by atoms with Crippen LogP contribution in [0.3, 0.4) is 0 Å². The number of hydrogen-bond donors (Lipinski definition) is 1. The standard InChI is InChI=1S/C23H26N4O/c1-16(2)27(15-19-9-6-5-7-10-19)23-14-22(24-18(4)25-23)26-21-12-8-11-20(13-21)17(3)28/h5-14,16H,15H2,1-4H3,(H,24,25,26). The average Bonchev–Trinajstić information content (AvgIpc) is 2.66. The van der Waals surface area contributed by atoms with Gasteiger partial charge in [0.1, 0.15) is 17.5 Å². The molecule has 1 heterocycles. The minimum atomic E-state index is 0.0389. The van der Waals surface area contributed by atoms with Crippen LogP contribution in [0.4, 0.5) is 17.3 Å². The molecule has 0 atom stereocenters. The van der Waals surface area contributed by atoms with Crippen LogP contribution in [0, 0.1) is 6.92 Å². The fraction of sp³-hybridized carbons (Fsp3) is 0.261. The van der Waals surface area contributed by atoms with Crippen molar-refractivity contribution in [3.05, 3.63) is 77.6 Å². The Hall–Kier alpha value is -3.21. The monoisotopic (exact) mass is 374 g/mol. The van der Waals surface area contributed by atoms with Gasteiger partial charge in [-0.3, -0.25) is 4.79 Å². The highest BCUT2D eigenvalue weighted by Gasteiger charge is 2.15. The van der Waals surface area contributed by atoms with Crippen LogP contribution in [-0.2, 0) is 6.54 Å². The van der Waals surface area contributed by atoms with Crippen molar-refractivity contribution < 1.29 is 4.79 Å². The summed E-state index contributed by atoms with van der Waals surface area (Å²) in [6.07, 6.45) is 0. The summed E-state index contributed by atoms with van der Waals surface area (Å²) < 4.78 is 0. The molecule has 0 saturated carbocycles. The predicted octanol–water partition coefficient (Wildman–Crippen LogP) is 5.15. The van der Waals surface area contributed by atoms with Gasteiger partial charge in [-0.1, -0.05) is 42.5 Å². The molecule has 5 heteroatoms. The maximum Gasteiger partial charge on any atom is 0.159 e. The molecule has 144 valence electrons. The third-order valence-electron chi connectivity index (χ3n) is 4.48. The molecule has 0 saturated heterocycles. The molecule has 3 aromatic rings. The maximum absolute atomic E-state index is 11.6. The molecule has 1 N–H and O–H groups in total. The van der Waals surface area contributed by atoms with E-state index in [1.165, 1.54) is 5.56 Å². The number of carbonyl (C=O) groups is 1. The van der Waals surface area contributed by atoms with Gasteiger partial charge < -0.3 is 10.2 Å². The van der Waals surface area contributed by atoms with E-state index in [9.17, 15) is 4.79 Å². The van der Waals surface area contributed by atoms with Crippen LogP contribution in [-0.4, -0.2) is 21.8 Å². The van der Waals surface area contributed by atoms with Gasteiger partial charge in [-0.15, -0.1) is 0 Å². The van der Waals surface area contributed by atoms with Crippen molar-refractivity contribution in [1.82, 2.24) is 9.97 Å². The van der Waals surface area contributed by atoms with Gasteiger partial charge in [0.25, 0.3) is 0 Å². The number of ketones is 1. The Kier molecular flexibility index (Phi) is 6.04. The van der Waals surface area contributed by atoms with Gasteiger partial charge in [0.05, 0.1) is 0 Å². The van der Waals surface area contributed by atoms with Gasteiger partial charge in [0.2, 0.25) is 0 Å². The maximum atomic E-state index is 11.6. The molecule has 2 aromatic carbocycles. The second-order valence-electron chi connectivity index (χ2n) is 7.13. The van der Waals surface area contributed by atoms with Crippen LogP contribution in [0.25, 0.3) is 0 Å². The number of aromatic nitrogens is 2. The molecule has 5 nitrogen and oxygen atoms in total. The smallest absolute Gasteiger partial charge is 0.159 e. The lowest BCUT2D eigenvalue weighted by Crippen LogP contribution is -2.31. The van der Waals surface area contributed by atoms with Crippen molar-refractivity contribution >= 4 is 23.1 Å². The summed E-state index contributed by atoms with van der Waals surface area (Å²) in [5.74, 6) is 2.32. The molecule has 0 aliphatic carbocycles. The number of nitrogens with one attached hydrogen (secondary N) is 1. The summed E-state index contributed by atoms with van der Waals surface area (Å²) in [4.78, 5) is 23.1. The van der Waals surface area contributed by atoms with Gasteiger partial charge in [-0.05, 0) is 45.4 Å². The molecule has 1 aromatic heterocycles. The van der Waals surface area contributed by atoms with Crippen molar-refractivity contribution in [2.24, 2.45) is 0 Å². The Labute approximate surface area is 166 Å². The number of nitrogens with zero attached hydrogens (tertiary/aromatic N) is 3. The van der Waals surface area contributed by atoms with Gasteiger partial charge >= 0.3 is 0 Å². The lowest BCUT2D eigenvalue weighted by atomic mass is 10.1. The van der Waals surface area contributed by atoms with Crippen LogP contribution < -0.4 is 10.2 Å². The van der Waals surface area contributed by atoms with Gasteiger partial charge in [-0.25, -0.2) is 9.97 Å². The fourth-order valence-corrected chi connectivity index (χ4v) is 3.04. The SMILES string of the molecule is CC(=O)c1cccc(Nc2cc(N(Cc3ccccc3)C(C)C)nc(C)n2)c1. The molecular weight excluding hydrogens is 348 g/mol. The number of aryl methyl sites for hydroxylation is 1. The number of anilines is 3. The van der Waals surface area contributed by atoms with Crippen molar-refractivity contribution in [3.8, 4) is 0 Å². The molecule has 0 spiro atoms. The van der Waals surface area contributed by atoms with Crippen molar-refractivity contribution in [3.63, 3.8) is 0 Å². The average molecular weight is 374 g/mol. The molecule has 0 aliphatic heterocycles. The molecule has 0 radical (unpaired) electrons. The zero-order valence-electron chi connectivity index (χ0n) is 16.8. The van der Waals surface area contributed by atoms with Crippen LogP contribution in [0.5, 0.6) is 0 Å². The molecule has 0 aliphatic rings. The quantitative estimate of drug-likeness (QED) is 0.580. The molecule has 0 amide bonds. The van der Waals surface area contributed by atoms with Crippen LogP contribution in [0.15, 0.2) is 60.7 Å².